The molecule has 0 spiro atoms. The second kappa shape index (κ2) is 6.64. The average Bonchev–Trinajstić information content (AvgIpc) is 3.05. The number of fused-ring (bicyclic) bond motifs is 1. The summed E-state index contributed by atoms with van der Waals surface area (Å²) >= 11 is 0. The third-order valence-corrected chi connectivity index (χ3v) is 5.53. The van der Waals surface area contributed by atoms with Gasteiger partial charge in [-0.25, -0.2) is 0 Å². The van der Waals surface area contributed by atoms with Gasteiger partial charge in [0.1, 0.15) is 0 Å². The van der Waals surface area contributed by atoms with E-state index in [0.717, 1.165) is 56.7 Å². The smallest absolute Gasteiger partial charge is 0.231 e. The van der Waals surface area contributed by atoms with E-state index >= 15 is 0 Å². The van der Waals surface area contributed by atoms with E-state index in [2.05, 4.69) is 20.2 Å². The first-order valence-corrected chi connectivity index (χ1v) is 8.94. The van der Waals surface area contributed by atoms with Crippen LogP contribution in [0.15, 0.2) is 12.1 Å². The van der Waals surface area contributed by atoms with Gasteiger partial charge in [0.05, 0.1) is 13.2 Å². The van der Waals surface area contributed by atoms with Crippen LogP contribution in [0.5, 0.6) is 5.88 Å². The topological polar surface area (TPSA) is 75.8 Å². The van der Waals surface area contributed by atoms with Gasteiger partial charge in [-0.15, -0.1) is 15.3 Å². The Kier molecular flexibility index (Phi) is 4.37. The Labute approximate surface area is 141 Å². The van der Waals surface area contributed by atoms with Gasteiger partial charge in [-0.3, -0.25) is 4.90 Å². The van der Waals surface area contributed by atoms with Crippen LogP contribution in [0.4, 0.5) is 0 Å². The Morgan fingerprint density at radius 2 is 1.88 bits per heavy atom. The number of ether oxygens (including phenoxy) is 1. The number of likely N-dealkylation sites (tertiary alicyclic amines) is 1. The summed E-state index contributed by atoms with van der Waals surface area (Å²) in [4.78, 5) is 2.47. The molecule has 7 nitrogen and oxygen atoms in total. The van der Waals surface area contributed by atoms with Crippen molar-refractivity contribution in [3.05, 3.63) is 18.0 Å². The van der Waals surface area contributed by atoms with Crippen LogP contribution in [-0.2, 0) is 0 Å². The first-order chi connectivity index (χ1) is 11.8. The summed E-state index contributed by atoms with van der Waals surface area (Å²) in [6.07, 6.45) is 6.37. The van der Waals surface area contributed by atoms with Gasteiger partial charge >= 0.3 is 0 Å². The molecule has 1 aliphatic carbocycles. The molecule has 0 aromatic carbocycles. The highest BCUT2D eigenvalue weighted by Gasteiger charge is 2.33. The lowest BCUT2D eigenvalue weighted by molar-refractivity contribution is 0.00825. The molecule has 0 bridgehead atoms. The summed E-state index contributed by atoms with van der Waals surface area (Å²) in [5.74, 6) is 1.86. The van der Waals surface area contributed by atoms with Crippen molar-refractivity contribution >= 4 is 5.65 Å². The minimum atomic E-state index is -0.157. The Morgan fingerprint density at radius 3 is 2.62 bits per heavy atom. The SMILES string of the molecule is COc1ccc2nnc(C3CCN(C4CCCCC4O)CC3)n2n1. The maximum absolute atomic E-state index is 10.3. The van der Waals surface area contributed by atoms with E-state index < -0.39 is 0 Å². The van der Waals surface area contributed by atoms with Crippen molar-refractivity contribution in [1.82, 2.24) is 24.7 Å². The zero-order chi connectivity index (χ0) is 16.5. The van der Waals surface area contributed by atoms with E-state index in [1.807, 2.05) is 10.6 Å². The molecule has 0 radical (unpaired) electrons. The van der Waals surface area contributed by atoms with E-state index in [0.29, 0.717) is 17.8 Å². The number of nitrogens with zero attached hydrogens (tertiary/aromatic N) is 5. The van der Waals surface area contributed by atoms with Crippen LogP contribution < -0.4 is 4.74 Å². The van der Waals surface area contributed by atoms with E-state index in [9.17, 15) is 5.11 Å². The fourth-order valence-electron chi connectivity index (χ4n) is 4.16. The van der Waals surface area contributed by atoms with Crippen molar-refractivity contribution in [3.63, 3.8) is 0 Å². The fraction of sp³-hybridized carbons (Fsp3) is 0.706. The molecule has 1 saturated carbocycles. The number of aliphatic hydroxyl groups is 1. The molecule has 2 aliphatic rings. The van der Waals surface area contributed by atoms with Crippen molar-refractivity contribution < 1.29 is 9.84 Å². The van der Waals surface area contributed by atoms with Gasteiger partial charge in [-0.1, -0.05) is 12.8 Å². The van der Waals surface area contributed by atoms with Crippen LogP contribution in [0.3, 0.4) is 0 Å². The normalized spacial score (nSPS) is 26.8. The van der Waals surface area contributed by atoms with Crippen LogP contribution in [-0.4, -0.2) is 62.2 Å². The average molecular weight is 331 g/mol. The summed E-state index contributed by atoms with van der Waals surface area (Å²) in [6, 6.07) is 4.03. The minimum absolute atomic E-state index is 0.157. The van der Waals surface area contributed by atoms with Gasteiger partial charge in [0.2, 0.25) is 5.88 Å². The number of hydrogen-bond acceptors (Lipinski definition) is 6. The fourth-order valence-corrected chi connectivity index (χ4v) is 4.16. The summed E-state index contributed by atoms with van der Waals surface area (Å²) in [6.45, 7) is 2.01. The molecule has 0 amide bonds. The van der Waals surface area contributed by atoms with Crippen molar-refractivity contribution in [2.75, 3.05) is 20.2 Å². The second-order valence-corrected chi connectivity index (χ2v) is 6.93. The Balaban J connectivity index is 1.47. The molecule has 2 atom stereocenters. The summed E-state index contributed by atoms with van der Waals surface area (Å²) in [5.41, 5.74) is 0.760. The lowest BCUT2D eigenvalue weighted by Gasteiger charge is -2.41. The molecular weight excluding hydrogens is 306 g/mol. The molecule has 2 fully saturated rings. The van der Waals surface area contributed by atoms with Crippen molar-refractivity contribution in [2.24, 2.45) is 0 Å². The Morgan fingerprint density at radius 1 is 1.08 bits per heavy atom. The Bertz CT molecular complexity index is 695. The molecular formula is C17H25N5O2. The van der Waals surface area contributed by atoms with Crippen LogP contribution in [0.2, 0.25) is 0 Å². The molecule has 24 heavy (non-hydrogen) atoms. The van der Waals surface area contributed by atoms with Gasteiger partial charge in [0, 0.05) is 18.0 Å². The predicted molar refractivity (Wildman–Crippen MR) is 89.1 cm³/mol. The molecule has 1 N–H and O–H groups in total. The molecule has 2 unspecified atom stereocenters. The molecule has 2 aromatic rings. The highest BCUT2D eigenvalue weighted by molar-refractivity contribution is 5.38. The molecule has 130 valence electrons. The number of aliphatic hydroxyl groups excluding tert-OH is 1. The van der Waals surface area contributed by atoms with E-state index in [4.69, 9.17) is 4.74 Å². The van der Waals surface area contributed by atoms with Gasteiger partial charge in [-0.05, 0) is 44.8 Å². The third kappa shape index (κ3) is 2.86. The lowest BCUT2D eigenvalue weighted by atomic mass is 9.88. The highest BCUT2D eigenvalue weighted by atomic mass is 16.5. The standard InChI is InChI=1S/C17H25N5O2/c1-24-16-7-6-15-18-19-17(22(15)20-16)12-8-10-21(11-9-12)13-4-2-3-5-14(13)23/h6-7,12-14,23H,2-5,8-11H2,1H3. The molecule has 2 aromatic heterocycles. The summed E-state index contributed by atoms with van der Waals surface area (Å²) in [5, 5.41) is 23.3. The highest BCUT2D eigenvalue weighted by Crippen LogP contribution is 2.31. The van der Waals surface area contributed by atoms with E-state index in [1.165, 1.54) is 6.42 Å². The maximum Gasteiger partial charge on any atom is 0.231 e. The summed E-state index contributed by atoms with van der Waals surface area (Å²) in [7, 11) is 1.62. The number of methoxy groups -OCH3 is 1. The first-order valence-electron chi connectivity index (χ1n) is 8.94. The van der Waals surface area contributed by atoms with Crippen molar-refractivity contribution in [3.8, 4) is 5.88 Å². The maximum atomic E-state index is 10.3. The molecule has 1 aliphatic heterocycles. The van der Waals surface area contributed by atoms with Gasteiger partial charge in [0.25, 0.3) is 0 Å². The van der Waals surface area contributed by atoms with Gasteiger partial charge < -0.3 is 9.84 Å². The molecule has 3 heterocycles. The second-order valence-electron chi connectivity index (χ2n) is 6.93. The molecule has 4 rings (SSSR count). The van der Waals surface area contributed by atoms with Gasteiger partial charge in [0.15, 0.2) is 11.5 Å². The number of piperidine rings is 1. The molecule has 1 saturated heterocycles. The molecule has 7 heteroatoms. The monoisotopic (exact) mass is 331 g/mol. The first kappa shape index (κ1) is 15.8. The van der Waals surface area contributed by atoms with Gasteiger partial charge in [-0.2, -0.15) is 4.52 Å². The van der Waals surface area contributed by atoms with Crippen LogP contribution in [0.1, 0.15) is 50.3 Å². The Hall–Kier alpha value is -1.73. The van der Waals surface area contributed by atoms with Crippen molar-refractivity contribution in [2.45, 2.75) is 56.6 Å². The van der Waals surface area contributed by atoms with Crippen LogP contribution in [0, 0.1) is 0 Å². The van der Waals surface area contributed by atoms with Crippen LogP contribution in [0.25, 0.3) is 5.65 Å². The minimum Gasteiger partial charge on any atom is -0.480 e. The zero-order valence-electron chi connectivity index (χ0n) is 14.1. The zero-order valence-corrected chi connectivity index (χ0v) is 14.1. The van der Waals surface area contributed by atoms with E-state index in [-0.39, 0.29) is 6.10 Å². The van der Waals surface area contributed by atoms with Crippen molar-refractivity contribution in [1.29, 1.82) is 0 Å². The predicted octanol–water partition coefficient (Wildman–Crippen LogP) is 1.62. The number of aromatic nitrogens is 4. The summed E-state index contributed by atoms with van der Waals surface area (Å²) < 4.78 is 7.03. The quantitative estimate of drug-likeness (QED) is 0.921. The number of rotatable bonds is 3. The lowest BCUT2D eigenvalue weighted by Crippen LogP contribution is -2.48. The van der Waals surface area contributed by atoms with Crippen LogP contribution >= 0.6 is 0 Å². The van der Waals surface area contributed by atoms with E-state index in [1.54, 1.807) is 13.2 Å². The third-order valence-electron chi connectivity index (χ3n) is 5.53. The number of hydrogen-bond donors (Lipinski definition) is 1. The largest absolute Gasteiger partial charge is 0.480 e.